The third-order valence-electron chi connectivity index (χ3n) is 4.88. The van der Waals surface area contributed by atoms with E-state index < -0.39 is 11.7 Å². The van der Waals surface area contributed by atoms with Crippen molar-refractivity contribution in [2.75, 3.05) is 12.9 Å². The van der Waals surface area contributed by atoms with Crippen LogP contribution in [0.15, 0.2) is 33.9 Å². The number of methoxy groups -OCH3 is 1. The summed E-state index contributed by atoms with van der Waals surface area (Å²) in [6.07, 6.45) is 3.14. The standard InChI is InChI=1S/C22H30N4O5S/c1-22(2,3)31-20(28)24-17-8-6-5-7-16(17)23-18(27)13-32-21-26-25-19(30-21)14-9-11-15(29-4)12-10-14/h9-12,16-17H,5-8,13H2,1-4H3,(H,23,27)(H,24,28)/t16-,17+/m1/s1. The molecule has 1 saturated carbocycles. The van der Waals surface area contributed by atoms with Crippen molar-refractivity contribution in [1.82, 2.24) is 20.8 Å². The first-order chi connectivity index (χ1) is 15.2. The van der Waals surface area contributed by atoms with Crippen LogP contribution in [0.1, 0.15) is 46.5 Å². The highest BCUT2D eigenvalue weighted by Gasteiger charge is 2.29. The first-order valence-electron chi connectivity index (χ1n) is 10.6. The van der Waals surface area contributed by atoms with Gasteiger partial charge in [-0.2, -0.15) is 0 Å². The van der Waals surface area contributed by atoms with E-state index in [9.17, 15) is 9.59 Å². The van der Waals surface area contributed by atoms with Gasteiger partial charge in [-0.1, -0.05) is 24.6 Å². The average Bonchev–Trinajstić information content (AvgIpc) is 3.21. The molecule has 0 aliphatic heterocycles. The second-order valence-corrected chi connectivity index (χ2v) is 9.53. The molecule has 2 amide bonds. The highest BCUT2D eigenvalue weighted by Crippen LogP contribution is 2.25. The zero-order chi connectivity index (χ0) is 23.1. The molecule has 2 N–H and O–H groups in total. The summed E-state index contributed by atoms with van der Waals surface area (Å²) in [5, 5.41) is 14.3. The highest BCUT2D eigenvalue weighted by molar-refractivity contribution is 7.99. The van der Waals surface area contributed by atoms with Gasteiger partial charge in [-0.3, -0.25) is 4.79 Å². The molecular formula is C22H30N4O5S. The molecule has 1 aliphatic rings. The van der Waals surface area contributed by atoms with E-state index in [1.165, 1.54) is 11.8 Å². The maximum absolute atomic E-state index is 12.5. The molecule has 0 saturated heterocycles. The Morgan fingerprint density at radius 1 is 1.09 bits per heavy atom. The summed E-state index contributed by atoms with van der Waals surface area (Å²) < 4.78 is 16.1. The van der Waals surface area contributed by atoms with Crippen LogP contribution in [0, 0.1) is 0 Å². The van der Waals surface area contributed by atoms with E-state index in [1.54, 1.807) is 7.11 Å². The maximum Gasteiger partial charge on any atom is 0.407 e. The molecule has 1 aromatic heterocycles. The number of benzene rings is 1. The first kappa shape index (κ1) is 23.9. The molecule has 1 fully saturated rings. The van der Waals surface area contributed by atoms with Gasteiger partial charge >= 0.3 is 6.09 Å². The lowest BCUT2D eigenvalue weighted by Gasteiger charge is -2.33. The van der Waals surface area contributed by atoms with Crippen molar-refractivity contribution in [3.05, 3.63) is 24.3 Å². The Kier molecular flexibility index (Phi) is 8.00. The third-order valence-corrected chi connectivity index (χ3v) is 5.70. The summed E-state index contributed by atoms with van der Waals surface area (Å²) in [5.74, 6) is 1.10. The van der Waals surface area contributed by atoms with E-state index in [1.807, 2.05) is 45.0 Å². The normalized spacial score (nSPS) is 18.6. The zero-order valence-electron chi connectivity index (χ0n) is 18.8. The minimum atomic E-state index is -0.567. The van der Waals surface area contributed by atoms with Crippen molar-refractivity contribution >= 4 is 23.8 Å². The Bertz CT molecular complexity index is 910. The summed E-state index contributed by atoms with van der Waals surface area (Å²) >= 11 is 1.17. The summed E-state index contributed by atoms with van der Waals surface area (Å²) in [6.45, 7) is 5.46. The molecule has 1 heterocycles. The largest absolute Gasteiger partial charge is 0.497 e. The van der Waals surface area contributed by atoms with Gasteiger partial charge in [0.15, 0.2) is 0 Å². The van der Waals surface area contributed by atoms with Crippen molar-refractivity contribution in [1.29, 1.82) is 0 Å². The number of nitrogens with zero attached hydrogens (tertiary/aromatic N) is 2. The number of carbonyl (C=O) groups is 2. The predicted octanol–water partition coefficient (Wildman–Crippen LogP) is 3.79. The second-order valence-electron chi connectivity index (χ2n) is 8.60. The second kappa shape index (κ2) is 10.7. The van der Waals surface area contributed by atoms with Gasteiger partial charge in [0.05, 0.1) is 18.9 Å². The lowest BCUT2D eigenvalue weighted by Crippen LogP contribution is -2.54. The molecule has 0 bridgehead atoms. The first-order valence-corrected chi connectivity index (χ1v) is 11.6. The molecule has 3 rings (SSSR count). The van der Waals surface area contributed by atoms with Gasteiger partial charge < -0.3 is 24.5 Å². The smallest absolute Gasteiger partial charge is 0.407 e. The number of hydrogen-bond donors (Lipinski definition) is 2. The molecule has 0 radical (unpaired) electrons. The number of aromatic nitrogens is 2. The number of rotatable bonds is 7. The monoisotopic (exact) mass is 462 g/mol. The van der Waals surface area contributed by atoms with E-state index in [-0.39, 0.29) is 23.7 Å². The van der Waals surface area contributed by atoms with Crippen LogP contribution in [-0.4, -0.2) is 52.7 Å². The summed E-state index contributed by atoms with van der Waals surface area (Å²) in [5.41, 5.74) is 0.205. The van der Waals surface area contributed by atoms with Crippen molar-refractivity contribution in [2.24, 2.45) is 0 Å². The van der Waals surface area contributed by atoms with Crippen LogP contribution < -0.4 is 15.4 Å². The van der Waals surface area contributed by atoms with E-state index in [2.05, 4.69) is 20.8 Å². The van der Waals surface area contributed by atoms with Crippen LogP contribution in [0.4, 0.5) is 4.79 Å². The number of thioether (sulfide) groups is 1. The molecule has 10 heteroatoms. The SMILES string of the molecule is COc1ccc(-c2nnc(SCC(=O)N[C@@H]3CCCC[C@@H]3NC(=O)OC(C)(C)C)o2)cc1. The highest BCUT2D eigenvalue weighted by atomic mass is 32.2. The third kappa shape index (κ3) is 7.15. The lowest BCUT2D eigenvalue weighted by molar-refractivity contribution is -0.119. The Hall–Kier alpha value is -2.75. The van der Waals surface area contributed by atoms with Gasteiger partial charge in [-0.25, -0.2) is 4.79 Å². The molecule has 32 heavy (non-hydrogen) atoms. The van der Waals surface area contributed by atoms with Crippen LogP contribution in [0.25, 0.3) is 11.5 Å². The van der Waals surface area contributed by atoms with Gasteiger partial charge in [0.25, 0.3) is 5.22 Å². The molecule has 174 valence electrons. The van der Waals surface area contributed by atoms with Gasteiger partial charge in [0.2, 0.25) is 11.8 Å². The summed E-state index contributed by atoms with van der Waals surface area (Å²) in [6, 6.07) is 6.99. The molecule has 0 unspecified atom stereocenters. The fourth-order valence-corrected chi connectivity index (χ4v) is 4.00. The maximum atomic E-state index is 12.5. The Labute approximate surface area is 192 Å². The Morgan fingerprint density at radius 2 is 1.75 bits per heavy atom. The fourth-order valence-electron chi connectivity index (χ4n) is 3.43. The molecule has 1 aromatic carbocycles. The molecule has 9 nitrogen and oxygen atoms in total. The fraction of sp³-hybridized carbons (Fsp3) is 0.545. The Balaban J connectivity index is 1.50. The minimum Gasteiger partial charge on any atom is -0.497 e. The number of alkyl carbamates (subject to hydrolysis) is 1. The number of carbonyl (C=O) groups excluding carboxylic acids is 2. The summed E-state index contributed by atoms with van der Waals surface area (Å²) in [7, 11) is 1.60. The van der Waals surface area contributed by atoms with Gasteiger partial charge in [0, 0.05) is 11.6 Å². The van der Waals surface area contributed by atoms with Gasteiger partial charge in [0.1, 0.15) is 11.4 Å². The van der Waals surface area contributed by atoms with Crippen LogP contribution >= 0.6 is 11.8 Å². The molecule has 0 spiro atoms. The van der Waals surface area contributed by atoms with Gasteiger partial charge in [-0.05, 0) is 57.9 Å². The summed E-state index contributed by atoms with van der Waals surface area (Å²) in [4.78, 5) is 24.7. The lowest BCUT2D eigenvalue weighted by atomic mass is 9.90. The van der Waals surface area contributed by atoms with E-state index in [0.29, 0.717) is 11.1 Å². The van der Waals surface area contributed by atoms with Crippen molar-refractivity contribution in [2.45, 2.75) is 69.4 Å². The number of nitrogens with one attached hydrogen (secondary N) is 2. The van der Waals surface area contributed by atoms with Crippen LogP contribution in [-0.2, 0) is 9.53 Å². The molecular weight excluding hydrogens is 432 g/mol. The van der Waals surface area contributed by atoms with Crippen LogP contribution in [0.5, 0.6) is 5.75 Å². The van der Waals surface area contributed by atoms with Crippen molar-refractivity contribution in [3.8, 4) is 17.2 Å². The van der Waals surface area contributed by atoms with Crippen molar-refractivity contribution in [3.63, 3.8) is 0 Å². The minimum absolute atomic E-state index is 0.137. The Morgan fingerprint density at radius 3 is 2.38 bits per heavy atom. The topological polar surface area (TPSA) is 116 Å². The van der Waals surface area contributed by atoms with Crippen LogP contribution in [0.3, 0.4) is 0 Å². The quantitative estimate of drug-likeness (QED) is 0.597. The molecule has 2 atom stereocenters. The van der Waals surface area contributed by atoms with E-state index in [4.69, 9.17) is 13.9 Å². The van der Waals surface area contributed by atoms with E-state index >= 15 is 0 Å². The average molecular weight is 463 g/mol. The van der Waals surface area contributed by atoms with Crippen LogP contribution in [0.2, 0.25) is 0 Å². The number of hydrogen-bond acceptors (Lipinski definition) is 8. The zero-order valence-corrected chi connectivity index (χ0v) is 19.7. The number of ether oxygens (including phenoxy) is 2. The predicted molar refractivity (Wildman–Crippen MR) is 121 cm³/mol. The van der Waals surface area contributed by atoms with Gasteiger partial charge in [-0.15, -0.1) is 10.2 Å². The molecule has 1 aliphatic carbocycles. The number of amides is 2. The van der Waals surface area contributed by atoms with E-state index in [0.717, 1.165) is 37.0 Å². The van der Waals surface area contributed by atoms with Crippen molar-refractivity contribution < 1.29 is 23.5 Å². The molecule has 2 aromatic rings.